The zero-order valence-corrected chi connectivity index (χ0v) is 12.5. The Kier molecular flexibility index (Phi) is 4.45. The van der Waals surface area contributed by atoms with Gasteiger partial charge in [-0.3, -0.25) is 0 Å². The van der Waals surface area contributed by atoms with E-state index in [1.165, 1.54) is 31.4 Å². The second kappa shape index (κ2) is 5.93. The van der Waals surface area contributed by atoms with Crippen LogP contribution in [0.3, 0.4) is 0 Å². The van der Waals surface area contributed by atoms with Crippen LogP contribution in [0.25, 0.3) is 0 Å². The lowest BCUT2D eigenvalue weighted by Gasteiger charge is -2.32. The number of benzene rings is 1. The first-order valence-electron chi connectivity index (χ1n) is 6.67. The molecule has 6 heteroatoms. The molecule has 0 bridgehead atoms. The Morgan fingerprint density at radius 3 is 2.45 bits per heavy atom. The third-order valence-electron chi connectivity index (χ3n) is 3.62. The Morgan fingerprint density at radius 1 is 1.25 bits per heavy atom. The summed E-state index contributed by atoms with van der Waals surface area (Å²) in [5.41, 5.74) is 0.346. The van der Waals surface area contributed by atoms with Gasteiger partial charge in [-0.05, 0) is 44.0 Å². The summed E-state index contributed by atoms with van der Waals surface area (Å²) >= 11 is 0. The normalized spacial score (nSPS) is 20.6. The molecule has 0 amide bonds. The molecule has 1 aromatic carbocycles. The van der Waals surface area contributed by atoms with E-state index in [9.17, 15) is 13.2 Å². The Balaban J connectivity index is 2.27. The Bertz CT molecular complexity index is 580. The van der Waals surface area contributed by atoms with Crippen LogP contribution in [0, 0.1) is 0 Å². The molecule has 0 aromatic heterocycles. The SMILES string of the molecule is COC(=O)c1ccc(S(=O)(=O)N2CCCCC2C)cc1. The van der Waals surface area contributed by atoms with Crippen LogP contribution in [-0.2, 0) is 14.8 Å². The third kappa shape index (κ3) is 2.86. The van der Waals surface area contributed by atoms with Crippen molar-refractivity contribution in [3.63, 3.8) is 0 Å². The van der Waals surface area contributed by atoms with Crippen LogP contribution < -0.4 is 0 Å². The first kappa shape index (κ1) is 15.0. The van der Waals surface area contributed by atoms with Crippen molar-refractivity contribution < 1.29 is 17.9 Å². The number of carbonyl (C=O) groups excluding carboxylic acids is 1. The fourth-order valence-corrected chi connectivity index (χ4v) is 4.14. The highest BCUT2D eigenvalue weighted by Crippen LogP contribution is 2.25. The van der Waals surface area contributed by atoms with Crippen LogP contribution >= 0.6 is 0 Å². The molecule has 20 heavy (non-hydrogen) atoms. The molecule has 0 spiro atoms. The predicted molar refractivity (Wildman–Crippen MR) is 75.0 cm³/mol. The van der Waals surface area contributed by atoms with Crippen molar-refractivity contribution in [2.45, 2.75) is 37.1 Å². The number of carbonyl (C=O) groups is 1. The maximum absolute atomic E-state index is 12.6. The Morgan fingerprint density at radius 2 is 1.90 bits per heavy atom. The number of nitrogens with zero attached hydrogens (tertiary/aromatic N) is 1. The van der Waals surface area contributed by atoms with Gasteiger partial charge in [0.25, 0.3) is 0 Å². The maximum atomic E-state index is 12.6. The molecular formula is C14H19NO4S. The van der Waals surface area contributed by atoms with Crippen molar-refractivity contribution >= 4 is 16.0 Å². The highest BCUT2D eigenvalue weighted by atomic mass is 32.2. The quantitative estimate of drug-likeness (QED) is 0.801. The number of methoxy groups -OCH3 is 1. The van der Waals surface area contributed by atoms with E-state index in [0.717, 1.165) is 19.3 Å². The molecule has 110 valence electrons. The number of piperidine rings is 1. The fourth-order valence-electron chi connectivity index (χ4n) is 2.45. The summed E-state index contributed by atoms with van der Waals surface area (Å²) in [4.78, 5) is 11.6. The van der Waals surface area contributed by atoms with Gasteiger partial charge < -0.3 is 4.74 Å². The molecular weight excluding hydrogens is 278 g/mol. The number of esters is 1. The highest BCUT2D eigenvalue weighted by Gasteiger charge is 2.30. The molecule has 0 radical (unpaired) electrons. The zero-order valence-electron chi connectivity index (χ0n) is 11.7. The van der Waals surface area contributed by atoms with Gasteiger partial charge >= 0.3 is 5.97 Å². The summed E-state index contributed by atoms with van der Waals surface area (Å²) in [6.45, 7) is 2.49. The zero-order chi connectivity index (χ0) is 14.8. The summed E-state index contributed by atoms with van der Waals surface area (Å²) in [6, 6.07) is 5.90. The van der Waals surface area contributed by atoms with Crippen LogP contribution in [0.1, 0.15) is 36.5 Å². The molecule has 0 aliphatic carbocycles. The monoisotopic (exact) mass is 297 g/mol. The van der Waals surface area contributed by atoms with E-state index in [4.69, 9.17) is 0 Å². The summed E-state index contributed by atoms with van der Waals surface area (Å²) in [7, 11) is -2.19. The first-order valence-corrected chi connectivity index (χ1v) is 8.11. The molecule has 0 N–H and O–H groups in total. The maximum Gasteiger partial charge on any atom is 0.337 e. The topological polar surface area (TPSA) is 63.7 Å². The van der Waals surface area contributed by atoms with Crippen molar-refractivity contribution in [3.05, 3.63) is 29.8 Å². The smallest absolute Gasteiger partial charge is 0.337 e. The average Bonchev–Trinajstić information content (AvgIpc) is 2.47. The molecule has 0 saturated carbocycles. The summed E-state index contributed by atoms with van der Waals surface area (Å²) in [6.07, 6.45) is 2.84. The van der Waals surface area contributed by atoms with Gasteiger partial charge in [-0.1, -0.05) is 6.42 Å². The van der Waals surface area contributed by atoms with Gasteiger partial charge in [0, 0.05) is 12.6 Å². The second-order valence-corrected chi connectivity index (χ2v) is 6.87. The highest BCUT2D eigenvalue weighted by molar-refractivity contribution is 7.89. The van der Waals surface area contributed by atoms with Crippen molar-refractivity contribution in [1.29, 1.82) is 0 Å². The largest absolute Gasteiger partial charge is 0.465 e. The molecule has 1 aromatic rings. The Labute approximate surface area is 119 Å². The molecule has 1 saturated heterocycles. The van der Waals surface area contributed by atoms with E-state index in [-0.39, 0.29) is 10.9 Å². The van der Waals surface area contributed by atoms with Gasteiger partial charge in [-0.25, -0.2) is 13.2 Å². The van der Waals surface area contributed by atoms with Crippen LogP contribution in [0.15, 0.2) is 29.2 Å². The van der Waals surface area contributed by atoms with E-state index >= 15 is 0 Å². The molecule has 1 aliphatic heterocycles. The number of hydrogen-bond donors (Lipinski definition) is 0. The molecule has 1 heterocycles. The average molecular weight is 297 g/mol. The van der Waals surface area contributed by atoms with Crippen LogP contribution in [0.2, 0.25) is 0 Å². The van der Waals surface area contributed by atoms with Gasteiger partial charge in [0.1, 0.15) is 0 Å². The molecule has 2 rings (SSSR count). The van der Waals surface area contributed by atoms with Crippen molar-refractivity contribution in [2.24, 2.45) is 0 Å². The minimum Gasteiger partial charge on any atom is -0.465 e. The number of hydrogen-bond acceptors (Lipinski definition) is 4. The predicted octanol–water partition coefficient (Wildman–Crippen LogP) is 2.04. The molecule has 5 nitrogen and oxygen atoms in total. The summed E-state index contributed by atoms with van der Waals surface area (Å²) < 4.78 is 31.3. The number of ether oxygens (including phenoxy) is 1. The van der Waals surface area contributed by atoms with E-state index in [2.05, 4.69) is 4.74 Å². The van der Waals surface area contributed by atoms with Crippen molar-refractivity contribution in [2.75, 3.05) is 13.7 Å². The lowest BCUT2D eigenvalue weighted by molar-refractivity contribution is 0.0600. The number of rotatable bonds is 3. The third-order valence-corrected chi connectivity index (χ3v) is 5.65. The van der Waals surface area contributed by atoms with Gasteiger partial charge in [0.05, 0.1) is 17.6 Å². The van der Waals surface area contributed by atoms with Gasteiger partial charge in [0.15, 0.2) is 0 Å². The van der Waals surface area contributed by atoms with Crippen molar-refractivity contribution in [3.8, 4) is 0 Å². The molecule has 1 atom stereocenters. The minimum absolute atomic E-state index is 0.0223. The van der Waals surface area contributed by atoms with E-state index < -0.39 is 16.0 Å². The number of sulfonamides is 1. The van der Waals surface area contributed by atoms with Crippen molar-refractivity contribution in [1.82, 2.24) is 4.31 Å². The van der Waals surface area contributed by atoms with Gasteiger partial charge in [0.2, 0.25) is 10.0 Å². The lowest BCUT2D eigenvalue weighted by Crippen LogP contribution is -2.41. The van der Waals surface area contributed by atoms with E-state index in [1.807, 2.05) is 6.92 Å². The van der Waals surface area contributed by atoms with Gasteiger partial charge in [-0.15, -0.1) is 0 Å². The minimum atomic E-state index is -3.48. The standard InChI is InChI=1S/C14H19NO4S/c1-11-5-3-4-10-15(11)20(17,18)13-8-6-12(7-9-13)14(16)19-2/h6-9,11H,3-5,10H2,1-2H3. The second-order valence-electron chi connectivity index (χ2n) is 4.98. The van der Waals surface area contributed by atoms with E-state index in [0.29, 0.717) is 12.1 Å². The first-order chi connectivity index (χ1) is 9.46. The molecule has 1 aliphatic rings. The summed E-state index contributed by atoms with van der Waals surface area (Å²) in [5, 5.41) is 0. The van der Waals surface area contributed by atoms with Gasteiger partial charge in [-0.2, -0.15) is 4.31 Å². The molecule has 1 fully saturated rings. The Hall–Kier alpha value is -1.40. The van der Waals surface area contributed by atoms with E-state index in [1.54, 1.807) is 4.31 Å². The molecule has 1 unspecified atom stereocenters. The van der Waals surface area contributed by atoms with Crippen LogP contribution in [0.4, 0.5) is 0 Å². The fraction of sp³-hybridized carbons (Fsp3) is 0.500. The van der Waals surface area contributed by atoms with Crippen LogP contribution in [-0.4, -0.2) is 38.4 Å². The summed E-state index contributed by atoms with van der Waals surface area (Å²) in [5.74, 6) is -0.472. The lowest BCUT2D eigenvalue weighted by atomic mass is 10.1. The van der Waals surface area contributed by atoms with Crippen LogP contribution in [0.5, 0.6) is 0 Å².